The first-order valence-electron chi connectivity index (χ1n) is 5.28. The van der Waals surface area contributed by atoms with Crippen molar-refractivity contribution in [1.29, 1.82) is 0 Å². The molecule has 5 heteroatoms. The van der Waals surface area contributed by atoms with Crippen LogP contribution in [0.2, 0.25) is 0 Å². The standard InChI is InChI=1S/C12H14N2O3/c1-14-7-9(2-5-12(14)16)13-6-10-3-4-11(8-15)17-10/h2-5,7,13,15H,6,8H2,1H3. The van der Waals surface area contributed by atoms with Crippen LogP contribution in [-0.4, -0.2) is 9.67 Å². The Balaban J connectivity index is 2.02. The van der Waals surface area contributed by atoms with Crippen molar-refractivity contribution >= 4 is 5.69 Å². The smallest absolute Gasteiger partial charge is 0.250 e. The molecule has 2 aromatic heterocycles. The molecule has 0 aliphatic carbocycles. The van der Waals surface area contributed by atoms with E-state index < -0.39 is 0 Å². The number of furan rings is 1. The van der Waals surface area contributed by atoms with Crippen LogP contribution in [-0.2, 0) is 20.2 Å². The molecule has 0 atom stereocenters. The van der Waals surface area contributed by atoms with E-state index in [-0.39, 0.29) is 12.2 Å². The zero-order chi connectivity index (χ0) is 12.3. The fourth-order valence-electron chi connectivity index (χ4n) is 1.49. The van der Waals surface area contributed by atoms with Gasteiger partial charge in [0.1, 0.15) is 18.1 Å². The SMILES string of the molecule is Cn1cc(NCc2ccc(CO)o2)ccc1=O. The Morgan fingerprint density at radius 1 is 1.29 bits per heavy atom. The van der Waals surface area contributed by atoms with E-state index in [0.717, 1.165) is 11.4 Å². The molecular weight excluding hydrogens is 220 g/mol. The van der Waals surface area contributed by atoms with Crippen LogP contribution in [0.3, 0.4) is 0 Å². The van der Waals surface area contributed by atoms with E-state index in [0.29, 0.717) is 12.3 Å². The number of aliphatic hydroxyl groups excluding tert-OH is 1. The highest BCUT2D eigenvalue weighted by molar-refractivity contribution is 5.40. The average Bonchev–Trinajstić information content (AvgIpc) is 2.79. The molecule has 0 aromatic carbocycles. The van der Waals surface area contributed by atoms with E-state index >= 15 is 0 Å². The fraction of sp³-hybridized carbons (Fsp3) is 0.250. The average molecular weight is 234 g/mol. The number of pyridine rings is 1. The summed E-state index contributed by atoms with van der Waals surface area (Å²) in [6.07, 6.45) is 1.72. The molecule has 17 heavy (non-hydrogen) atoms. The second-order valence-corrected chi connectivity index (χ2v) is 3.75. The molecule has 2 aromatic rings. The van der Waals surface area contributed by atoms with Crippen LogP contribution in [0.15, 0.2) is 39.7 Å². The Morgan fingerprint density at radius 3 is 2.71 bits per heavy atom. The number of hydrogen-bond donors (Lipinski definition) is 2. The van der Waals surface area contributed by atoms with Gasteiger partial charge in [-0.1, -0.05) is 0 Å². The zero-order valence-corrected chi connectivity index (χ0v) is 9.51. The topological polar surface area (TPSA) is 67.4 Å². The van der Waals surface area contributed by atoms with E-state index in [1.54, 1.807) is 31.4 Å². The van der Waals surface area contributed by atoms with Crippen LogP contribution >= 0.6 is 0 Å². The van der Waals surface area contributed by atoms with Gasteiger partial charge in [-0.2, -0.15) is 0 Å². The highest BCUT2D eigenvalue weighted by Gasteiger charge is 2.01. The summed E-state index contributed by atoms with van der Waals surface area (Å²) in [5.41, 5.74) is 0.796. The van der Waals surface area contributed by atoms with Crippen LogP contribution in [0, 0.1) is 0 Å². The Labute approximate surface area is 98.3 Å². The van der Waals surface area contributed by atoms with Gasteiger partial charge in [0.15, 0.2) is 0 Å². The molecular formula is C12H14N2O3. The lowest BCUT2D eigenvalue weighted by Crippen LogP contribution is -2.15. The van der Waals surface area contributed by atoms with Crippen molar-refractivity contribution in [2.45, 2.75) is 13.2 Å². The van der Waals surface area contributed by atoms with Crippen molar-refractivity contribution in [1.82, 2.24) is 4.57 Å². The van der Waals surface area contributed by atoms with Crippen molar-refractivity contribution in [3.05, 3.63) is 52.3 Å². The maximum absolute atomic E-state index is 11.2. The van der Waals surface area contributed by atoms with Gasteiger partial charge < -0.3 is 19.4 Å². The molecule has 90 valence electrons. The van der Waals surface area contributed by atoms with Gasteiger partial charge in [-0.15, -0.1) is 0 Å². The zero-order valence-electron chi connectivity index (χ0n) is 9.51. The van der Waals surface area contributed by atoms with Crippen molar-refractivity contribution in [3.63, 3.8) is 0 Å². The third-order valence-corrected chi connectivity index (χ3v) is 2.43. The first-order chi connectivity index (χ1) is 8.19. The number of nitrogens with zero attached hydrogens (tertiary/aromatic N) is 1. The number of anilines is 1. The van der Waals surface area contributed by atoms with E-state index in [1.165, 1.54) is 10.6 Å². The number of rotatable bonds is 4. The van der Waals surface area contributed by atoms with Crippen LogP contribution in [0.5, 0.6) is 0 Å². The summed E-state index contributed by atoms with van der Waals surface area (Å²) < 4.78 is 6.83. The van der Waals surface area contributed by atoms with Crippen LogP contribution in [0.25, 0.3) is 0 Å². The normalized spacial score (nSPS) is 10.5. The molecule has 0 aliphatic heterocycles. The van der Waals surface area contributed by atoms with Crippen LogP contribution < -0.4 is 10.9 Å². The predicted molar refractivity (Wildman–Crippen MR) is 63.6 cm³/mol. The van der Waals surface area contributed by atoms with E-state index in [1.807, 2.05) is 0 Å². The minimum atomic E-state index is -0.0974. The lowest BCUT2D eigenvalue weighted by atomic mass is 10.3. The monoisotopic (exact) mass is 234 g/mol. The Morgan fingerprint density at radius 2 is 2.06 bits per heavy atom. The number of aromatic nitrogens is 1. The Hall–Kier alpha value is -2.01. The van der Waals surface area contributed by atoms with Gasteiger partial charge in [-0.25, -0.2) is 0 Å². The van der Waals surface area contributed by atoms with Gasteiger partial charge in [0, 0.05) is 19.3 Å². The van der Waals surface area contributed by atoms with E-state index in [4.69, 9.17) is 9.52 Å². The molecule has 2 heterocycles. The summed E-state index contributed by atoms with van der Waals surface area (Å²) in [6.45, 7) is 0.415. The van der Waals surface area contributed by atoms with Crippen LogP contribution in [0.1, 0.15) is 11.5 Å². The van der Waals surface area contributed by atoms with Gasteiger partial charge >= 0.3 is 0 Å². The number of hydrogen-bond acceptors (Lipinski definition) is 4. The third-order valence-electron chi connectivity index (χ3n) is 2.43. The Bertz CT molecular complexity index is 557. The third kappa shape index (κ3) is 2.76. The van der Waals surface area contributed by atoms with Gasteiger partial charge in [0.25, 0.3) is 0 Å². The van der Waals surface area contributed by atoms with Crippen molar-refractivity contribution in [2.75, 3.05) is 5.32 Å². The molecule has 2 rings (SSSR count). The van der Waals surface area contributed by atoms with E-state index in [2.05, 4.69) is 5.32 Å². The molecule has 0 radical (unpaired) electrons. The summed E-state index contributed by atoms with van der Waals surface area (Å²) in [5, 5.41) is 12.0. The highest BCUT2D eigenvalue weighted by atomic mass is 16.4. The lowest BCUT2D eigenvalue weighted by molar-refractivity contribution is 0.244. The first kappa shape index (κ1) is 11.5. The quantitative estimate of drug-likeness (QED) is 0.830. The maximum atomic E-state index is 11.2. The molecule has 5 nitrogen and oxygen atoms in total. The molecule has 0 spiro atoms. The van der Waals surface area contributed by atoms with Gasteiger partial charge in [-0.05, 0) is 18.2 Å². The molecule has 2 N–H and O–H groups in total. The van der Waals surface area contributed by atoms with E-state index in [9.17, 15) is 4.79 Å². The maximum Gasteiger partial charge on any atom is 0.250 e. The van der Waals surface area contributed by atoms with Crippen molar-refractivity contribution < 1.29 is 9.52 Å². The molecule has 0 aliphatic rings. The summed E-state index contributed by atoms with van der Waals surface area (Å²) in [7, 11) is 1.70. The number of aliphatic hydroxyl groups is 1. The second-order valence-electron chi connectivity index (χ2n) is 3.75. The minimum Gasteiger partial charge on any atom is -0.462 e. The molecule has 0 fully saturated rings. The number of nitrogens with one attached hydrogen (secondary N) is 1. The molecule has 0 saturated heterocycles. The summed E-state index contributed by atoms with van der Waals surface area (Å²) in [6, 6.07) is 6.76. The molecule has 0 bridgehead atoms. The molecule has 0 amide bonds. The molecule has 0 saturated carbocycles. The van der Waals surface area contributed by atoms with Crippen LogP contribution in [0.4, 0.5) is 5.69 Å². The second kappa shape index (κ2) is 4.88. The van der Waals surface area contributed by atoms with Crippen molar-refractivity contribution in [2.24, 2.45) is 7.05 Å². The highest BCUT2D eigenvalue weighted by Crippen LogP contribution is 2.10. The summed E-state index contributed by atoms with van der Waals surface area (Å²) in [4.78, 5) is 11.2. The van der Waals surface area contributed by atoms with Crippen molar-refractivity contribution in [3.8, 4) is 0 Å². The summed E-state index contributed by atoms with van der Waals surface area (Å²) in [5.74, 6) is 1.28. The van der Waals surface area contributed by atoms with Gasteiger partial charge in [-0.3, -0.25) is 4.79 Å². The molecule has 0 unspecified atom stereocenters. The lowest BCUT2D eigenvalue weighted by Gasteiger charge is -2.05. The predicted octanol–water partition coefficient (Wildman–Crippen LogP) is 1.08. The fourth-order valence-corrected chi connectivity index (χ4v) is 1.49. The number of aryl methyl sites for hydroxylation is 1. The largest absolute Gasteiger partial charge is 0.462 e. The minimum absolute atomic E-state index is 0.0453. The summed E-state index contributed by atoms with van der Waals surface area (Å²) >= 11 is 0. The van der Waals surface area contributed by atoms with Gasteiger partial charge in [0.05, 0.1) is 12.2 Å². The first-order valence-corrected chi connectivity index (χ1v) is 5.28. The van der Waals surface area contributed by atoms with Gasteiger partial charge in [0.2, 0.25) is 5.56 Å². The Kier molecular flexibility index (Phi) is 3.30.